The lowest BCUT2D eigenvalue weighted by molar-refractivity contribution is -0.137. The molecule has 1 atom stereocenters. The number of amides is 1. The molecule has 146 valence electrons. The van der Waals surface area contributed by atoms with Gasteiger partial charge in [-0.05, 0) is 68.3 Å². The molecule has 1 aromatic heterocycles. The zero-order chi connectivity index (χ0) is 20.3. The van der Waals surface area contributed by atoms with Crippen molar-refractivity contribution in [1.82, 2.24) is 15.0 Å². The highest BCUT2D eigenvalue weighted by Gasteiger charge is 2.21. The summed E-state index contributed by atoms with van der Waals surface area (Å²) >= 11 is 5.89. The van der Waals surface area contributed by atoms with Crippen molar-refractivity contribution < 1.29 is 14.1 Å². The minimum atomic E-state index is -0.634. The Labute approximate surface area is 169 Å². The van der Waals surface area contributed by atoms with Gasteiger partial charge in [0, 0.05) is 17.6 Å². The van der Waals surface area contributed by atoms with Crippen molar-refractivity contribution in [2.24, 2.45) is 0 Å². The summed E-state index contributed by atoms with van der Waals surface area (Å²) < 4.78 is 11.1. The molecule has 0 unspecified atom stereocenters. The molecule has 0 N–H and O–H groups in total. The van der Waals surface area contributed by atoms with Crippen LogP contribution >= 0.6 is 11.6 Å². The number of halogens is 1. The van der Waals surface area contributed by atoms with Gasteiger partial charge in [0.05, 0.1) is 6.54 Å². The molecule has 7 heteroatoms. The van der Waals surface area contributed by atoms with Gasteiger partial charge in [-0.2, -0.15) is 4.98 Å². The molecule has 0 saturated heterocycles. The highest BCUT2D eigenvalue weighted by molar-refractivity contribution is 6.30. The number of carbonyl (C=O) groups is 1. The standard InChI is InChI=1S/C21H22ClN3O3/c1-13-9-14(2)11-18(10-13)27-15(3)21(26)25(4)12-19-23-20(24-28-19)16-5-7-17(22)8-6-16/h5-11,15H,12H2,1-4H3/t15-/m0/s1. The molecular weight excluding hydrogens is 378 g/mol. The second-order valence-electron chi connectivity index (χ2n) is 6.80. The Morgan fingerprint density at radius 2 is 1.82 bits per heavy atom. The number of nitrogens with zero attached hydrogens (tertiary/aromatic N) is 3. The van der Waals surface area contributed by atoms with E-state index in [-0.39, 0.29) is 12.5 Å². The molecule has 1 heterocycles. The monoisotopic (exact) mass is 399 g/mol. The van der Waals surface area contributed by atoms with Crippen molar-refractivity contribution in [1.29, 1.82) is 0 Å². The lowest BCUT2D eigenvalue weighted by Gasteiger charge is -2.21. The molecule has 3 aromatic rings. The van der Waals surface area contributed by atoms with E-state index < -0.39 is 6.10 Å². The normalized spacial score (nSPS) is 11.9. The van der Waals surface area contributed by atoms with Crippen LogP contribution in [0, 0.1) is 13.8 Å². The quantitative estimate of drug-likeness (QED) is 0.613. The average molecular weight is 400 g/mol. The third kappa shape index (κ3) is 4.89. The van der Waals surface area contributed by atoms with Gasteiger partial charge in [0.1, 0.15) is 5.75 Å². The molecule has 0 saturated carbocycles. The first-order chi connectivity index (χ1) is 13.3. The third-order valence-corrected chi connectivity index (χ3v) is 4.43. The van der Waals surface area contributed by atoms with Gasteiger partial charge in [0.15, 0.2) is 6.10 Å². The van der Waals surface area contributed by atoms with Crippen molar-refractivity contribution in [3.63, 3.8) is 0 Å². The van der Waals surface area contributed by atoms with Crippen LogP contribution in [-0.2, 0) is 11.3 Å². The molecule has 0 spiro atoms. The second-order valence-corrected chi connectivity index (χ2v) is 7.23. The molecule has 28 heavy (non-hydrogen) atoms. The number of aromatic nitrogens is 2. The van der Waals surface area contributed by atoms with Crippen LogP contribution in [0.2, 0.25) is 5.02 Å². The minimum absolute atomic E-state index is 0.176. The maximum atomic E-state index is 12.6. The van der Waals surface area contributed by atoms with Gasteiger partial charge in [0.2, 0.25) is 11.7 Å². The predicted octanol–water partition coefficient (Wildman–Crippen LogP) is 4.43. The number of ether oxygens (including phenoxy) is 1. The molecular formula is C21H22ClN3O3. The number of hydrogen-bond acceptors (Lipinski definition) is 5. The Morgan fingerprint density at radius 1 is 1.18 bits per heavy atom. The molecule has 6 nitrogen and oxygen atoms in total. The number of rotatable bonds is 6. The molecule has 0 aliphatic rings. The number of likely N-dealkylation sites (N-methyl/N-ethyl adjacent to an activating group) is 1. The van der Waals surface area contributed by atoms with Crippen LogP contribution in [0.15, 0.2) is 47.0 Å². The molecule has 1 amide bonds. The van der Waals surface area contributed by atoms with Crippen LogP contribution in [0.3, 0.4) is 0 Å². The summed E-state index contributed by atoms with van der Waals surface area (Å²) in [7, 11) is 1.68. The van der Waals surface area contributed by atoms with E-state index in [0.717, 1.165) is 16.7 Å². The summed E-state index contributed by atoms with van der Waals surface area (Å²) in [6.07, 6.45) is -0.634. The fourth-order valence-corrected chi connectivity index (χ4v) is 3.01. The van der Waals surface area contributed by atoms with Crippen LogP contribution in [0.5, 0.6) is 5.75 Å². The summed E-state index contributed by atoms with van der Waals surface area (Å²) in [6, 6.07) is 13.0. The first kappa shape index (κ1) is 19.9. The lowest BCUT2D eigenvalue weighted by Crippen LogP contribution is -2.37. The Morgan fingerprint density at radius 3 is 2.46 bits per heavy atom. The summed E-state index contributed by atoms with van der Waals surface area (Å²) in [5.41, 5.74) is 2.96. The van der Waals surface area contributed by atoms with Crippen molar-refractivity contribution in [2.45, 2.75) is 33.4 Å². The van der Waals surface area contributed by atoms with E-state index in [1.165, 1.54) is 4.90 Å². The van der Waals surface area contributed by atoms with Gasteiger partial charge < -0.3 is 14.2 Å². The Hall–Kier alpha value is -2.86. The van der Waals surface area contributed by atoms with Gasteiger partial charge in [-0.15, -0.1) is 0 Å². The number of carbonyl (C=O) groups excluding carboxylic acids is 1. The lowest BCUT2D eigenvalue weighted by atomic mass is 10.1. The third-order valence-electron chi connectivity index (χ3n) is 4.17. The minimum Gasteiger partial charge on any atom is -0.481 e. The van der Waals surface area contributed by atoms with E-state index in [9.17, 15) is 4.79 Å². The van der Waals surface area contributed by atoms with E-state index in [1.54, 1.807) is 26.1 Å². The highest BCUT2D eigenvalue weighted by atomic mass is 35.5. The first-order valence-corrected chi connectivity index (χ1v) is 9.28. The molecule has 0 fully saturated rings. The highest BCUT2D eigenvalue weighted by Crippen LogP contribution is 2.20. The van der Waals surface area contributed by atoms with Crippen molar-refractivity contribution in [2.75, 3.05) is 7.05 Å². The molecule has 0 bridgehead atoms. The molecule has 2 aromatic carbocycles. The van der Waals surface area contributed by atoms with Crippen LogP contribution in [0.25, 0.3) is 11.4 Å². The summed E-state index contributed by atoms with van der Waals surface area (Å²) in [4.78, 5) is 18.5. The Balaban J connectivity index is 1.63. The van der Waals surface area contributed by atoms with E-state index in [2.05, 4.69) is 16.2 Å². The zero-order valence-corrected chi connectivity index (χ0v) is 17.0. The van der Waals surface area contributed by atoms with Gasteiger partial charge >= 0.3 is 0 Å². The Bertz CT molecular complexity index is 949. The van der Waals surface area contributed by atoms with Gasteiger partial charge in [-0.25, -0.2) is 0 Å². The van der Waals surface area contributed by atoms with Crippen LogP contribution in [-0.4, -0.2) is 34.1 Å². The maximum Gasteiger partial charge on any atom is 0.263 e. The SMILES string of the molecule is Cc1cc(C)cc(O[C@@H](C)C(=O)N(C)Cc2nc(-c3ccc(Cl)cc3)no2)c1. The number of hydrogen-bond donors (Lipinski definition) is 0. The molecule has 3 rings (SSSR count). The van der Waals surface area contributed by atoms with E-state index >= 15 is 0 Å². The first-order valence-electron chi connectivity index (χ1n) is 8.90. The average Bonchev–Trinajstić information content (AvgIpc) is 3.09. The van der Waals surface area contributed by atoms with Crippen molar-refractivity contribution in [3.05, 3.63) is 64.5 Å². The fourth-order valence-electron chi connectivity index (χ4n) is 2.88. The van der Waals surface area contributed by atoms with Gasteiger partial charge in [-0.1, -0.05) is 22.8 Å². The summed E-state index contributed by atoms with van der Waals surface area (Å²) in [5, 5.41) is 4.60. The molecule has 0 radical (unpaired) electrons. The Kier molecular flexibility index (Phi) is 5.99. The van der Waals surface area contributed by atoms with E-state index in [0.29, 0.717) is 22.5 Å². The fraction of sp³-hybridized carbons (Fsp3) is 0.286. The molecule has 0 aliphatic heterocycles. The van der Waals surface area contributed by atoms with E-state index in [1.807, 2.05) is 38.1 Å². The van der Waals surface area contributed by atoms with Crippen LogP contribution in [0.4, 0.5) is 0 Å². The van der Waals surface area contributed by atoms with Gasteiger partial charge in [-0.3, -0.25) is 4.79 Å². The van der Waals surface area contributed by atoms with Crippen molar-refractivity contribution in [3.8, 4) is 17.1 Å². The number of aryl methyl sites for hydroxylation is 2. The van der Waals surface area contributed by atoms with Crippen LogP contribution in [0.1, 0.15) is 23.9 Å². The maximum absolute atomic E-state index is 12.6. The van der Waals surface area contributed by atoms with Gasteiger partial charge in [0.25, 0.3) is 5.91 Å². The van der Waals surface area contributed by atoms with E-state index in [4.69, 9.17) is 20.9 Å². The topological polar surface area (TPSA) is 68.5 Å². The number of benzene rings is 2. The smallest absolute Gasteiger partial charge is 0.263 e. The second kappa shape index (κ2) is 8.44. The van der Waals surface area contributed by atoms with Crippen molar-refractivity contribution >= 4 is 17.5 Å². The predicted molar refractivity (Wildman–Crippen MR) is 107 cm³/mol. The summed E-state index contributed by atoms with van der Waals surface area (Å²) in [6.45, 7) is 5.90. The van der Waals surface area contributed by atoms with Crippen LogP contribution < -0.4 is 4.74 Å². The summed E-state index contributed by atoms with van der Waals surface area (Å²) in [5.74, 6) is 1.30. The molecule has 0 aliphatic carbocycles. The largest absolute Gasteiger partial charge is 0.481 e. The zero-order valence-electron chi connectivity index (χ0n) is 16.3.